The van der Waals surface area contributed by atoms with Crippen LogP contribution in [0.2, 0.25) is 0 Å². The fourth-order valence-electron chi connectivity index (χ4n) is 1.84. The van der Waals surface area contributed by atoms with Crippen molar-refractivity contribution in [2.24, 2.45) is 0 Å². The second-order valence-electron chi connectivity index (χ2n) is 4.35. The van der Waals surface area contributed by atoms with Crippen molar-refractivity contribution in [2.75, 3.05) is 34.4 Å². The predicted molar refractivity (Wildman–Crippen MR) is 70.0 cm³/mol. The average Bonchev–Trinajstić information content (AvgIpc) is 2.28. The number of aryl methyl sites for hydroxylation is 1. The Morgan fingerprint density at radius 1 is 1.47 bits per heavy atom. The minimum absolute atomic E-state index is 0.368. The van der Waals surface area contributed by atoms with Crippen LogP contribution in [0.3, 0.4) is 0 Å². The van der Waals surface area contributed by atoms with Crippen LogP contribution in [0.4, 0.5) is 0 Å². The van der Waals surface area contributed by atoms with Gasteiger partial charge in [0.25, 0.3) is 0 Å². The lowest BCUT2D eigenvalue weighted by Gasteiger charge is -2.27. The third-order valence-electron chi connectivity index (χ3n) is 2.78. The first-order valence-electron chi connectivity index (χ1n) is 5.93. The molecule has 0 bridgehead atoms. The van der Waals surface area contributed by atoms with Gasteiger partial charge in [-0.2, -0.15) is 0 Å². The Morgan fingerprint density at radius 3 is 2.82 bits per heavy atom. The van der Waals surface area contributed by atoms with Crippen LogP contribution in [0.1, 0.15) is 11.4 Å². The topological polar surface area (TPSA) is 37.4 Å². The Balaban J connectivity index is 2.59. The molecule has 0 aliphatic carbocycles. The zero-order valence-electron chi connectivity index (χ0n) is 11.2. The van der Waals surface area contributed by atoms with Crippen molar-refractivity contribution >= 4 is 0 Å². The third kappa shape index (κ3) is 4.81. The van der Waals surface area contributed by atoms with E-state index >= 15 is 0 Å². The van der Waals surface area contributed by atoms with Gasteiger partial charge < -0.3 is 10.1 Å². The van der Waals surface area contributed by atoms with Gasteiger partial charge in [0.1, 0.15) is 0 Å². The molecule has 1 N–H and O–H groups in total. The molecule has 1 aromatic heterocycles. The van der Waals surface area contributed by atoms with E-state index in [0.717, 1.165) is 31.1 Å². The summed E-state index contributed by atoms with van der Waals surface area (Å²) in [6.45, 7) is 4.50. The monoisotopic (exact) mass is 237 g/mol. The van der Waals surface area contributed by atoms with Crippen LogP contribution in [0, 0.1) is 6.92 Å². The van der Waals surface area contributed by atoms with Crippen LogP contribution in [0.25, 0.3) is 0 Å². The average molecular weight is 237 g/mol. The highest BCUT2D eigenvalue weighted by atomic mass is 16.5. The summed E-state index contributed by atoms with van der Waals surface area (Å²) in [5.41, 5.74) is 2.16. The molecule has 17 heavy (non-hydrogen) atoms. The minimum Gasteiger partial charge on any atom is -0.383 e. The lowest BCUT2D eigenvalue weighted by Crippen LogP contribution is -2.41. The van der Waals surface area contributed by atoms with Gasteiger partial charge in [-0.05, 0) is 33.2 Å². The highest BCUT2D eigenvalue weighted by Crippen LogP contribution is 2.05. The standard InChI is InChI=1S/C13H23N3O/c1-11-6-5-7-12(15-11)9-16(3)13(8-14-2)10-17-4/h5-7,13-14H,8-10H2,1-4H3. The van der Waals surface area contributed by atoms with Crippen molar-refractivity contribution in [1.29, 1.82) is 0 Å². The van der Waals surface area contributed by atoms with Crippen molar-refractivity contribution < 1.29 is 4.74 Å². The zero-order valence-corrected chi connectivity index (χ0v) is 11.2. The van der Waals surface area contributed by atoms with Crippen LogP contribution in [0.15, 0.2) is 18.2 Å². The molecule has 0 saturated heterocycles. The van der Waals surface area contributed by atoms with Gasteiger partial charge in [0.05, 0.1) is 12.3 Å². The molecule has 0 saturated carbocycles. The summed E-state index contributed by atoms with van der Waals surface area (Å²) in [6.07, 6.45) is 0. The van der Waals surface area contributed by atoms with Gasteiger partial charge >= 0.3 is 0 Å². The second-order valence-corrected chi connectivity index (χ2v) is 4.35. The SMILES string of the molecule is CNCC(COC)N(C)Cc1cccc(C)n1. The van der Waals surface area contributed by atoms with E-state index in [-0.39, 0.29) is 0 Å². The van der Waals surface area contributed by atoms with Crippen LogP contribution in [0.5, 0.6) is 0 Å². The molecule has 0 fully saturated rings. The van der Waals surface area contributed by atoms with Gasteiger partial charge in [0.2, 0.25) is 0 Å². The van der Waals surface area contributed by atoms with Gasteiger partial charge in [0, 0.05) is 31.9 Å². The Bertz CT molecular complexity index is 324. The molecular formula is C13H23N3O. The number of nitrogens with zero attached hydrogens (tertiary/aromatic N) is 2. The molecule has 0 spiro atoms. The van der Waals surface area contributed by atoms with Gasteiger partial charge in [0.15, 0.2) is 0 Å². The maximum absolute atomic E-state index is 5.24. The van der Waals surface area contributed by atoms with E-state index < -0.39 is 0 Å². The number of nitrogens with one attached hydrogen (secondary N) is 1. The second kappa shape index (κ2) is 7.37. The van der Waals surface area contributed by atoms with Crippen molar-refractivity contribution in [1.82, 2.24) is 15.2 Å². The van der Waals surface area contributed by atoms with E-state index in [2.05, 4.69) is 34.4 Å². The Kier molecular flexibility index (Phi) is 6.11. The number of ether oxygens (including phenoxy) is 1. The lowest BCUT2D eigenvalue weighted by atomic mass is 10.2. The summed E-state index contributed by atoms with van der Waals surface area (Å²) in [4.78, 5) is 6.78. The molecule has 1 atom stereocenters. The Hall–Kier alpha value is -0.970. The molecular weight excluding hydrogens is 214 g/mol. The fraction of sp³-hybridized carbons (Fsp3) is 0.615. The predicted octanol–water partition coefficient (Wildman–Crippen LogP) is 1.06. The highest BCUT2D eigenvalue weighted by molar-refractivity contribution is 5.09. The first kappa shape index (κ1) is 14.1. The summed E-state index contributed by atoms with van der Waals surface area (Å²) in [6, 6.07) is 6.50. The van der Waals surface area contributed by atoms with Crippen LogP contribution in [-0.4, -0.2) is 50.3 Å². The Labute approximate surface area is 104 Å². The van der Waals surface area contributed by atoms with E-state index in [1.165, 1.54) is 0 Å². The van der Waals surface area contributed by atoms with E-state index in [0.29, 0.717) is 6.04 Å². The molecule has 0 radical (unpaired) electrons. The molecule has 0 aliphatic heterocycles. The molecule has 1 aromatic rings. The largest absolute Gasteiger partial charge is 0.383 e. The number of rotatable bonds is 7. The highest BCUT2D eigenvalue weighted by Gasteiger charge is 2.14. The number of aromatic nitrogens is 1. The zero-order chi connectivity index (χ0) is 12.7. The van der Waals surface area contributed by atoms with E-state index in [9.17, 15) is 0 Å². The summed E-state index contributed by atoms with van der Waals surface area (Å²) in [7, 11) is 5.80. The van der Waals surface area contributed by atoms with Gasteiger partial charge in [-0.1, -0.05) is 6.07 Å². The minimum atomic E-state index is 0.368. The lowest BCUT2D eigenvalue weighted by molar-refractivity contribution is 0.102. The van der Waals surface area contributed by atoms with Crippen LogP contribution in [-0.2, 0) is 11.3 Å². The van der Waals surface area contributed by atoms with Gasteiger partial charge in [-0.25, -0.2) is 0 Å². The first-order valence-corrected chi connectivity index (χ1v) is 5.93. The number of likely N-dealkylation sites (N-methyl/N-ethyl adjacent to an activating group) is 2. The van der Waals surface area contributed by atoms with E-state index in [4.69, 9.17) is 4.74 Å². The Morgan fingerprint density at radius 2 is 2.24 bits per heavy atom. The molecule has 96 valence electrons. The maximum atomic E-state index is 5.24. The van der Waals surface area contributed by atoms with Crippen molar-refractivity contribution in [2.45, 2.75) is 19.5 Å². The van der Waals surface area contributed by atoms with Crippen molar-refractivity contribution in [3.8, 4) is 0 Å². The van der Waals surface area contributed by atoms with Crippen LogP contribution >= 0.6 is 0 Å². The van der Waals surface area contributed by atoms with E-state index in [1.54, 1.807) is 7.11 Å². The molecule has 4 heteroatoms. The molecule has 1 rings (SSSR count). The van der Waals surface area contributed by atoms with Crippen LogP contribution < -0.4 is 5.32 Å². The quantitative estimate of drug-likeness (QED) is 0.769. The number of pyridine rings is 1. The number of hydrogen-bond donors (Lipinski definition) is 1. The summed E-state index contributed by atoms with van der Waals surface area (Å²) in [5, 5.41) is 3.19. The van der Waals surface area contributed by atoms with E-state index in [1.807, 2.05) is 20.0 Å². The summed E-state index contributed by atoms with van der Waals surface area (Å²) >= 11 is 0. The van der Waals surface area contributed by atoms with Gasteiger partial charge in [-0.3, -0.25) is 9.88 Å². The molecule has 0 aliphatic rings. The summed E-state index contributed by atoms with van der Waals surface area (Å²) < 4.78 is 5.24. The summed E-state index contributed by atoms with van der Waals surface area (Å²) in [5.74, 6) is 0. The molecule has 4 nitrogen and oxygen atoms in total. The van der Waals surface area contributed by atoms with Crippen molar-refractivity contribution in [3.05, 3.63) is 29.6 Å². The fourth-order valence-corrected chi connectivity index (χ4v) is 1.84. The first-order chi connectivity index (χ1) is 8.17. The van der Waals surface area contributed by atoms with Crippen molar-refractivity contribution in [3.63, 3.8) is 0 Å². The number of methoxy groups -OCH3 is 1. The number of hydrogen-bond acceptors (Lipinski definition) is 4. The normalized spacial score (nSPS) is 13.0. The molecule has 0 amide bonds. The van der Waals surface area contributed by atoms with Gasteiger partial charge in [-0.15, -0.1) is 0 Å². The smallest absolute Gasteiger partial charge is 0.0630 e. The molecule has 0 aromatic carbocycles. The third-order valence-corrected chi connectivity index (χ3v) is 2.78. The molecule has 1 heterocycles. The maximum Gasteiger partial charge on any atom is 0.0630 e. The molecule has 1 unspecified atom stereocenters.